The summed E-state index contributed by atoms with van der Waals surface area (Å²) in [7, 11) is 0. The van der Waals surface area contributed by atoms with Gasteiger partial charge in [0.25, 0.3) is 5.69 Å². The van der Waals surface area contributed by atoms with Crippen LogP contribution in [0.4, 0.5) is 16.3 Å². The first-order valence-electron chi connectivity index (χ1n) is 8.65. The molecule has 0 aliphatic rings. The number of benzene rings is 1. The minimum absolute atomic E-state index is 0.0204. The predicted molar refractivity (Wildman–Crippen MR) is 111 cm³/mol. The molecule has 3 aromatic rings. The second kappa shape index (κ2) is 9.07. The predicted octanol–water partition coefficient (Wildman–Crippen LogP) is 4.75. The summed E-state index contributed by atoms with van der Waals surface area (Å²) < 4.78 is 5.19. The smallest absolute Gasteiger partial charge is 0.416 e. The van der Waals surface area contributed by atoms with Gasteiger partial charge in [0, 0.05) is 29.4 Å². The van der Waals surface area contributed by atoms with Crippen LogP contribution in [-0.4, -0.2) is 27.6 Å². The van der Waals surface area contributed by atoms with Gasteiger partial charge in [-0.25, -0.2) is 9.78 Å². The van der Waals surface area contributed by atoms with Crippen LogP contribution in [0.3, 0.4) is 0 Å². The van der Waals surface area contributed by atoms with Crippen molar-refractivity contribution in [3.63, 3.8) is 0 Å². The Kier molecular flexibility index (Phi) is 6.30. The molecule has 0 aliphatic heterocycles. The number of anilines is 1. The van der Waals surface area contributed by atoms with Crippen LogP contribution in [0.5, 0.6) is 0 Å². The Morgan fingerprint density at radius 2 is 2.10 bits per heavy atom. The highest BCUT2D eigenvalue weighted by atomic mass is 32.1. The lowest BCUT2D eigenvalue weighted by Crippen LogP contribution is -2.32. The highest BCUT2D eigenvalue weighted by Crippen LogP contribution is 2.31. The second-order valence-electron chi connectivity index (χ2n) is 6.03. The number of carbonyl (C=O) groups is 1. The van der Waals surface area contributed by atoms with Crippen molar-refractivity contribution in [2.45, 2.75) is 13.5 Å². The zero-order valence-electron chi connectivity index (χ0n) is 15.6. The van der Waals surface area contributed by atoms with Gasteiger partial charge in [0.1, 0.15) is 17.4 Å². The highest BCUT2D eigenvalue weighted by Gasteiger charge is 2.25. The van der Waals surface area contributed by atoms with Crippen LogP contribution >= 0.6 is 11.3 Å². The van der Waals surface area contributed by atoms with E-state index in [4.69, 9.17) is 4.74 Å². The van der Waals surface area contributed by atoms with Crippen molar-refractivity contribution in [1.29, 1.82) is 0 Å². The van der Waals surface area contributed by atoms with E-state index in [1.54, 1.807) is 36.8 Å². The van der Waals surface area contributed by atoms with E-state index in [9.17, 15) is 14.9 Å². The van der Waals surface area contributed by atoms with Crippen LogP contribution in [0, 0.1) is 17.0 Å². The summed E-state index contributed by atoms with van der Waals surface area (Å²) in [6.45, 7) is 5.28. The van der Waals surface area contributed by atoms with Crippen molar-refractivity contribution < 1.29 is 14.5 Å². The third kappa shape index (κ3) is 4.64. The molecule has 29 heavy (non-hydrogen) atoms. The summed E-state index contributed by atoms with van der Waals surface area (Å²) in [6.07, 6.45) is 4.11. The number of carbonyl (C=O) groups excluding carboxylic acids is 1. The zero-order valence-corrected chi connectivity index (χ0v) is 16.5. The molecule has 0 N–H and O–H groups in total. The standard InChI is InChI=1S/C20H18N4O4S/c1-3-11-28-20(25)23(12-16-14(2)5-4-6-17(16)24(26)27)18-13-29-19(22-18)15-7-9-21-10-8-15/h3-10,13H,1,11-12H2,2H3. The number of ether oxygens (including phenoxy) is 1. The van der Waals surface area contributed by atoms with Crippen molar-refractivity contribution in [1.82, 2.24) is 9.97 Å². The van der Waals surface area contributed by atoms with Crippen molar-refractivity contribution in [3.05, 3.63) is 82.0 Å². The maximum Gasteiger partial charge on any atom is 0.416 e. The molecule has 1 aromatic carbocycles. The molecule has 0 saturated carbocycles. The summed E-state index contributed by atoms with van der Waals surface area (Å²) in [5.41, 5.74) is 1.92. The third-order valence-electron chi connectivity index (χ3n) is 4.14. The molecule has 3 rings (SSSR count). The first-order valence-corrected chi connectivity index (χ1v) is 9.53. The topological polar surface area (TPSA) is 98.5 Å². The van der Waals surface area contributed by atoms with E-state index >= 15 is 0 Å². The van der Waals surface area contributed by atoms with Gasteiger partial charge >= 0.3 is 6.09 Å². The van der Waals surface area contributed by atoms with Gasteiger partial charge in [-0.3, -0.25) is 20.0 Å². The number of thiazole rings is 1. The Morgan fingerprint density at radius 3 is 2.79 bits per heavy atom. The number of nitro groups is 1. The number of hydrogen-bond donors (Lipinski definition) is 0. The average molecular weight is 410 g/mol. The summed E-state index contributed by atoms with van der Waals surface area (Å²) in [4.78, 5) is 33.5. The Balaban J connectivity index is 1.99. The molecule has 2 aromatic heterocycles. The average Bonchev–Trinajstić information content (AvgIpc) is 3.21. The lowest BCUT2D eigenvalue weighted by atomic mass is 10.1. The van der Waals surface area contributed by atoms with Gasteiger partial charge in [0.05, 0.1) is 17.0 Å². The van der Waals surface area contributed by atoms with Crippen molar-refractivity contribution in [2.24, 2.45) is 0 Å². The molecule has 9 heteroatoms. The van der Waals surface area contributed by atoms with Crippen LogP contribution in [0.25, 0.3) is 10.6 Å². The Morgan fingerprint density at radius 1 is 1.34 bits per heavy atom. The van der Waals surface area contributed by atoms with E-state index in [2.05, 4.69) is 16.5 Å². The number of rotatable bonds is 7. The van der Waals surface area contributed by atoms with Crippen LogP contribution < -0.4 is 4.90 Å². The molecule has 2 heterocycles. The molecule has 148 valence electrons. The Hall–Kier alpha value is -3.59. The van der Waals surface area contributed by atoms with Gasteiger partial charge in [-0.1, -0.05) is 24.8 Å². The molecule has 0 saturated heterocycles. The first-order chi connectivity index (χ1) is 14.0. The number of pyridine rings is 1. The molecular weight excluding hydrogens is 392 g/mol. The summed E-state index contributed by atoms with van der Waals surface area (Å²) in [5.74, 6) is 0.355. The van der Waals surface area contributed by atoms with Gasteiger partial charge in [-0.2, -0.15) is 0 Å². The fourth-order valence-corrected chi connectivity index (χ4v) is 3.50. The molecule has 0 radical (unpaired) electrons. The van der Waals surface area contributed by atoms with E-state index in [-0.39, 0.29) is 18.8 Å². The van der Waals surface area contributed by atoms with E-state index < -0.39 is 11.0 Å². The van der Waals surface area contributed by atoms with Crippen molar-refractivity contribution >= 4 is 28.9 Å². The maximum absolute atomic E-state index is 12.7. The Labute approximate surface area is 171 Å². The van der Waals surface area contributed by atoms with Gasteiger partial charge in [0.15, 0.2) is 0 Å². The Bertz CT molecular complexity index is 1040. The molecule has 0 fully saturated rings. The maximum atomic E-state index is 12.7. The molecule has 0 unspecified atom stereocenters. The van der Waals surface area contributed by atoms with Crippen molar-refractivity contribution in [3.8, 4) is 10.6 Å². The number of amides is 1. The number of nitro benzene ring substituents is 1. The SMILES string of the molecule is C=CCOC(=O)N(Cc1c(C)cccc1[N+](=O)[O-])c1csc(-c2ccncc2)n1. The monoisotopic (exact) mass is 410 g/mol. The van der Waals surface area contributed by atoms with Crippen LogP contribution in [0.2, 0.25) is 0 Å². The molecular formula is C20H18N4O4S. The van der Waals surface area contributed by atoms with Gasteiger partial charge in [-0.15, -0.1) is 11.3 Å². The van der Waals surface area contributed by atoms with Crippen LogP contribution in [-0.2, 0) is 11.3 Å². The minimum Gasteiger partial charge on any atom is -0.445 e. The fourth-order valence-electron chi connectivity index (χ4n) is 2.69. The first kappa shape index (κ1) is 20.2. The van der Waals surface area contributed by atoms with E-state index in [0.29, 0.717) is 22.0 Å². The van der Waals surface area contributed by atoms with Crippen molar-refractivity contribution in [2.75, 3.05) is 11.5 Å². The molecule has 0 bridgehead atoms. The molecule has 0 spiro atoms. The van der Waals surface area contributed by atoms with Crippen LogP contribution in [0.1, 0.15) is 11.1 Å². The van der Waals surface area contributed by atoms with Gasteiger partial charge in [-0.05, 0) is 24.6 Å². The minimum atomic E-state index is -0.658. The number of nitrogens with zero attached hydrogens (tertiary/aromatic N) is 4. The van der Waals surface area contributed by atoms with E-state index in [0.717, 1.165) is 5.56 Å². The van der Waals surface area contributed by atoms with E-state index in [1.165, 1.54) is 28.4 Å². The van der Waals surface area contributed by atoms with Gasteiger partial charge in [0.2, 0.25) is 0 Å². The lowest BCUT2D eigenvalue weighted by molar-refractivity contribution is -0.385. The summed E-state index contributed by atoms with van der Waals surface area (Å²) >= 11 is 1.36. The molecule has 1 amide bonds. The van der Waals surface area contributed by atoms with E-state index in [1.807, 2.05) is 12.1 Å². The third-order valence-corrected chi connectivity index (χ3v) is 5.02. The summed E-state index contributed by atoms with van der Waals surface area (Å²) in [6, 6.07) is 8.42. The van der Waals surface area contributed by atoms with Crippen LogP contribution in [0.15, 0.2) is 60.8 Å². The highest BCUT2D eigenvalue weighted by molar-refractivity contribution is 7.13. The number of aromatic nitrogens is 2. The zero-order chi connectivity index (χ0) is 20.8. The number of aryl methyl sites for hydroxylation is 1. The molecule has 8 nitrogen and oxygen atoms in total. The fraction of sp³-hybridized carbons (Fsp3) is 0.150. The molecule has 0 atom stereocenters. The normalized spacial score (nSPS) is 10.4. The summed E-state index contributed by atoms with van der Waals surface area (Å²) in [5, 5.41) is 13.9. The lowest BCUT2D eigenvalue weighted by Gasteiger charge is -2.20. The second-order valence-corrected chi connectivity index (χ2v) is 6.89. The number of hydrogen-bond acceptors (Lipinski definition) is 7. The quantitative estimate of drug-likeness (QED) is 0.317. The van der Waals surface area contributed by atoms with Gasteiger partial charge < -0.3 is 4.74 Å². The molecule has 0 aliphatic carbocycles. The largest absolute Gasteiger partial charge is 0.445 e.